The Bertz CT molecular complexity index is 542. The molecular formula is C16H18ClNO. The van der Waals surface area contributed by atoms with E-state index >= 15 is 0 Å². The minimum Gasteiger partial charge on any atom is -0.496 e. The third kappa shape index (κ3) is 3.49. The number of hydrogen-bond acceptors (Lipinski definition) is 2. The minimum absolute atomic E-state index is 0.203. The van der Waals surface area contributed by atoms with E-state index in [1.54, 1.807) is 7.11 Å². The molecule has 2 nitrogen and oxygen atoms in total. The second-order valence-electron chi connectivity index (χ2n) is 4.42. The summed E-state index contributed by atoms with van der Waals surface area (Å²) in [6, 6.07) is 16.2. The molecule has 0 saturated heterocycles. The van der Waals surface area contributed by atoms with Crippen LogP contribution in [0, 0.1) is 0 Å². The maximum atomic E-state index is 6.03. The lowest BCUT2D eigenvalue weighted by Crippen LogP contribution is -2.19. The van der Waals surface area contributed by atoms with Crippen molar-refractivity contribution < 1.29 is 4.74 Å². The van der Waals surface area contributed by atoms with E-state index in [2.05, 4.69) is 17.4 Å². The molecule has 0 aliphatic rings. The Morgan fingerprint density at radius 1 is 1.16 bits per heavy atom. The summed E-state index contributed by atoms with van der Waals surface area (Å²) < 4.78 is 5.42. The first-order chi connectivity index (χ1) is 9.24. The predicted molar refractivity (Wildman–Crippen MR) is 80.0 cm³/mol. The van der Waals surface area contributed by atoms with E-state index in [0.29, 0.717) is 0 Å². The molecule has 0 aliphatic carbocycles. The molecule has 1 N–H and O–H groups in total. The quantitative estimate of drug-likeness (QED) is 0.895. The predicted octanol–water partition coefficient (Wildman–Crippen LogP) is 3.85. The molecule has 0 heterocycles. The van der Waals surface area contributed by atoms with Gasteiger partial charge in [0.2, 0.25) is 0 Å². The van der Waals surface area contributed by atoms with Crippen LogP contribution >= 0.6 is 11.6 Å². The number of methoxy groups -OCH3 is 1. The molecule has 0 spiro atoms. The van der Waals surface area contributed by atoms with Gasteiger partial charge >= 0.3 is 0 Å². The zero-order chi connectivity index (χ0) is 13.7. The Morgan fingerprint density at radius 3 is 2.63 bits per heavy atom. The Kier molecular flexibility index (Phi) is 4.83. The second-order valence-corrected chi connectivity index (χ2v) is 4.85. The van der Waals surface area contributed by atoms with Gasteiger partial charge in [-0.3, -0.25) is 0 Å². The molecule has 0 aliphatic heterocycles. The van der Waals surface area contributed by atoms with Crippen molar-refractivity contribution in [1.29, 1.82) is 0 Å². The van der Waals surface area contributed by atoms with Crippen molar-refractivity contribution in [3.05, 3.63) is 64.7 Å². The van der Waals surface area contributed by atoms with Gasteiger partial charge in [-0.15, -0.1) is 0 Å². The van der Waals surface area contributed by atoms with Crippen LogP contribution in [0.4, 0.5) is 0 Å². The van der Waals surface area contributed by atoms with E-state index in [4.69, 9.17) is 16.3 Å². The summed E-state index contributed by atoms with van der Waals surface area (Å²) in [6.07, 6.45) is 0.872. The van der Waals surface area contributed by atoms with Gasteiger partial charge in [0.25, 0.3) is 0 Å². The first-order valence-corrected chi connectivity index (χ1v) is 6.67. The van der Waals surface area contributed by atoms with E-state index in [1.807, 2.05) is 43.4 Å². The smallest absolute Gasteiger partial charge is 0.123 e. The maximum absolute atomic E-state index is 6.03. The molecule has 2 aromatic rings. The van der Waals surface area contributed by atoms with Gasteiger partial charge in [-0.2, -0.15) is 0 Å². The summed E-state index contributed by atoms with van der Waals surface area (Å²) in [5, 5.41) is 4.11. The van der Waals surface area contributed by atoms with Gasteiger partial charge in [-0.05, 0) is 37.2 Å². The fourth-order valence-electron chi connectivity index (χ4n) is 2.22. The molecule has 0 saturated carbocycles. The number of rotatable bonds is 5. The molecule has 0 radical (unpaired) electrons. The summed E-state index contributed by atoms with van der Waals surface area (Å²) in [4.78, 5) is 0. The largest absolute Gasteiger partial charge is 0.496 e. The van der Waals surface area contributed by atoms with Gasteiger partial charge in [0.05, 0.1) is 7.11 Å². The average Bonchev–Trinajstić information content (AvgIpc) is 2.45. The zero-order valence-electron chi connectivity index (χ0n) is 11.2. The fraction of sp³-hybridized carbons (Fsp3) is 0.250. The molecule has 0 aromatic heterocycles. The maximum Gasteiger partial charge on any atom is 0.123 e. The highest BCUT2D eigenvalue weighted by Crippen LogP contribution is 2.27. The van der Waals surface area contributed by atoms with Gasteiger partial charge in [0.15, 0.2) is 0 Å². The van der Waals surface area contributed by atoms with E-state index in [0.717, 1.165) is 22.8 Å². The topological polar surface area (TPSA) is 21.3 Å². The molecule has 3 heteroatoms. The second kappa shape index (κ2) is 6.60. The number of benzene rings is 2. The van der Waals surface area contributed by atoms with Crippen molar-refractivity contribution in [2.24, 2.45) is 0 Å². The number of hydrogen-bond donors (Lipinski definition) is 1. The molecule has 0 amide bonds. The first-order valence-electron chi connectivity index (χ1n) is 6.29. The third-order valence-corrected chi connectivity index (χ3v) is 3.43. The van der Waals surface area contributed by atoms with Crippen LogP contribution in [-0.2, 0) is 6.42 Å². The SMILES string of the molecule is CNC(Cc1cccc(Cl)c1)c1ccccc1OC. The van der Waals surface area contributed by atoms with Gasteiger partial charge < -0.3 is 10.1 Å². The van der Waals surface area contributed by atoms with Crippen molar-refractivity contribution in [2.75, 3.05) is 14.2 Å². The normalized spacial score (nSPS) is 12.2. The van der Waals surface area contributed by atoms with E-state index in [-0.39, 0.29) is 6.04 Å². The van der Waals surface area contributed by atoms with Gasteiger partial charge in [0, 0.05) is 16.6 Å². The zero-order valence-corrected chi connectivity index (χ0v) is 11.9. The summed E-state index contributed by atoms with van der Waals surface area (Å²) in [6.45, 7) is 0. The van der Waals surface area contributed by atoms with Gasteiger partial charge in [-0.25, -0.2) is 0 Å². The molecule has 2 rings (SSSR count). The highest BCUT2D eigenvalue weighted by molar-refractivity contribution is 6.30. The van der Waals surface area contributed by atoms with Crippen molar-refractivity contribution >= 4 is 11.6 Å². The highest BCUT2D eigenvalue weighted by atomic mass is 35.5. The number of nitrogens with one attached hydrogen (secondary N) is 1. The van der Waals surface area contributed by atoms with Crippen LogP contribution in [0.25, 0.3) is 0 Å². The lowest BCUT2D eigenvalue weighted by atomic mass is 9.98. The van der Waals surface area contributed by atoms with Crippen LogP contribution in [0.1, 0.15) is 17.2 Å². The summed E-state index contributed by atoms with van der Waals surface area (Å²) >= 11 is 6.03. The molecule has 1 unspecified atom stereocenters. The molecule has 0 bridgehead atoms. The third-order valence-electron chi connectivity index (χ3n) is 3.19. The van der Waals surface area contributed by atoms with Crippen molar-refractivity contribution in [3.8, 4) is 5.75 Å². The first kappa shape index (κ1) is 13.9. The van der Waals surface area contributed by atoms with E-state index < -0.39 is 0 Å². The Balaban J connectivity index is 2.25. The van der Waals surface area contributed by atoms with Crippen LogP contribution in [-0.4, -0.2) is 14.2 Å². The molecule has 2 aromatic carbocycles. The lowest BCUT2D eigenvalue weighted by molar-refractivity contribution is 0.401. The number of ether oxygens (including phenoxy) is 1. The lowest BCUT2D eigenvalue weighted by Gasteiger charge is -2.19. The summed E-state index contributed by atoms with van der Waals surface area (Å²) in [5.41, 5.74) is 2.37. The molecule has 100 valence electrons. The van der Waals surface area contributed by atoms with Crippen molar-refractivity contribution in [1.82, 2.24) is 5.32 Å². The Labute approximate surface area is 119 Å². The monoisotopic (exact) mass is 275 g/mol. The number of likely N-dealkylation sites (N-methyl/N-ethyl adjacent to an activating group) is 1. The Hall–Kier alpha value is -1.51. The molecule has 0 fully saturated rings. The van der Waals surface area contributed by atoms with Crippen LogP contribution in [0.15, 0.2) is 48.5 Å². The van der Waals surface area contributed by atoms with Crippen LogP contribution in [0.2, 0.25) is 5.02 Å². The standard InChI is InChI=1S/C16H18ClNO/c1-18-15(11-12-6-5-7-13(17)10-12)14-8-3-4-9-16(14)19-2/h3-10,15,18H,11H2,1-2H3. The van der Waals surface area contributed by atoms with Gasteiger partial charge in [-0.1, -0.05) is 41.9 Å². The summed E-state index contributed by atoms with van der Waals surface area (Å²) in [5.74, 6) is 0.906. The van der Waals surface area contributed by atoms with Crippen LogP contribution in [0.5, 0.6) is 5.75 Å². The van der Waals surface area contributed by atoms with E-state index in [9.17, 15) is 0 Å². The van der Waals surface area contributed by atoms with Gasteiger partial charge in [0.1, 0.15) is 5.75 Å². The molecule has 1 atom stereocenters. The van der Waals surface area contributed by atoms with Crippen LogP contribution < -0.4 is 10.1 Å². The van der Waals surface area contributed by atoms with Crippen molar-refractivity contribution in [3.63, 3.8) is 0 Å². The highest BCUT2D eigenvalue weighted by Gasteiger charge is 2.14. The Morgan fingerprint density at radius 2 is 1.95 bits per heavy atom. The molecule has 19 heavy (non-hydrogen) atoms. The number of para-hydroxylation sites is 1. The van der Waals surface area contributed by atoms with Crippen LogP contribution in [0.3, 0.4) is 0 Å². The minimum atomic E-state index is 0.203. The number of halogens is 1. The summed E-state index contributed by atoms with van der Waals surface area (Å²) in [7, 11) is 3.66. The van der Waals surface area contributed by atoms with Crippen molar-refractivity contribution in [2.45, 2.75) is 12.5 Å². The fourth-order valence-corrected chi connectivity index (χ4v) is 2.43. The van der Waals surface area contributed by atoms with E-state index in [1.165, 1.54) is 5.56 Å². The average molecular weight is 276 g/mol. The molecular weight excluding hydrogens is 258 g/mol.